The molecule has 0 aliphatic carbocycles. The smallest absolute Gasteiger partial charge is 0.0456 e. The van der Waals surface area contributed by atoms with Crippen LogP contribution >= 0.6 is 0 Å². The Morgan fingerprint density at radius 3 is 2.78 bits per heavy atom. The maximum atomic E-state index is 5.88. The van der Waals surface area contributed by atoms with Crippen LogP contribution in [-0.4, -0.2) is 6.54 Å². The zero-order chi connectivity index (χ0) is 12.5. The largest absolute Gasteiger partial charge is 0.341 e. The number of hydrogen-bond acceptors (Lipinski definition) is 2. The predicted octanol–water partition coefficient (Wildman–Crippen LogP) is 3.15. The molecule has 2 N–H and O–H groups in total. The summed E-state index contributed by atoms with van der Waals surface area (Å²) >= 11 is 0. The van der Waals surface area contributed by atoms with Crippen LogP contribution in [0.1, 0.15) is 16.7 Å². The Kier molecular flexibility index (Phi) is 2.80. The number of benzene rings is 2. The summed E-state index contributed by atoms with van der Waals surface area (Å²) in [5, 5.41) is 0. The Bertz CT molecular complexity index is 575. The fraction of sp³-hybridized carbons (Fsp3) is 0.250. The summed E-state index contributed by atoms with van der Waals surface area (Å²) in [4.78, 5) is 2.39. The molecule has 0 spiro atoms. The van der Waals surface area contributed by atoms with Gasteiger partial charge in [-0.2, -0.15) is 0 Å². The maximum absolute atomic E-state index is 5.88. The molecule has 0 atom stereocenters. The van der Waals surface area contributed by atoms with Gasteiger partial charge in [0.25, 0.3) is 0 Å². The SMILES string of the molecule is Cc1ccc(N2CCc3ccccc32)c(CN)c1. The van der Waals surface area contributed by atoms with E-state index in [1.807, 2.05) is 0 Å². The van der Waals surface area contributed by atoms with Crippen LogP contribution in [0.2, 0.25) is 0 Å². The van der Waals surface area contributed by atoms with Gasteiger partial charge in [-0.1, -0.05) is 35.9 Å². The van der Waals surface area contributed by atoms with Crippen LogP contribution in [0.3, 0.4) is 0 Å². The first-order valence-corrected chi connectivity index (χ1v) is 6.44. The Morgan fingerprint density at radius 1 is 1.11 bits per heavy atom. The van der Waals surface area contributed by atoms with E-state index >= 15 is 0 Å². The first-order chi connectivity index (χ1) is 8.79. The molecule has 0 unspecified atom stereocenters. The Balaban J connectivity index is 2.07. The van der Waals surface area contributed by atoms with E-state index < -0.39 is 0 Å². The van der Waals surface area contributed by atoms with Crippen LogP contribution in [-0.2, 0) is 13.0 Å². The molecule has 0 fully saturated rings. The molecule has 1 heterocycles. The third-order valence-corrected chi connectivity index (χ3v) is 3.63. The van der Waals surface area contributed by atoms with Crippen LogP contribution < -0.4 is 10.6 Å². The van der Waals surface area contributed by atoms with Crippen molar-refractivity contribution >= 4 is 11.4 Å². The van der Waals surface area contributed by atoms with E-state index in [2.05, 4.69) is 54.3 Å². The van der Waals surface area contributed by atoms with Gasteiger partial charge in [-0.05, 0) is 36.6 Å². The number of hydrogen-bond donors (Lipinski definition) is 1. The minimum absolute atomic E-state index is 0.593. The van der Waals surface area contributed by atoms with Gasteiger partial charge in [0.05, 0.1) is 0 Å². The van der Waals surface area contributed by atoms with E-state index in [1.54, 1.807) is 0 Å². The van der Waals surface area contributed by atoms with Crippen LogP contribution in [0.25, 0.3) is 0 Å². The van der Waals surface area contributed by atoms with E-state index in [9.17, 15) is 0 Å². The van der Waals surface area contributed by atoms with Crippen LogP contribution in [0.4, 0.5) is 11.4 Å². The molecule has 1 aliphatic heterocycles. The first kappa shape index (κ1) is 11.3. The highest BCUT2D eigenvalue weighted by atomic mass is 15.2. The second kappa shape index (κ2) is 4.46. The third kappa shape index (κ3) is 1.79. The van der Waals surface area contributed by atoms with Crippen molar-refractivity contribution in [3.63, 3.8) is 0 Å². The molecule has 92 valence electrons. The number of fused-ring (bicyclic) bond motifs is 1. The van der Waals surface area contributed by atoms with E-state index in [-0.39, 0.29) is 0 Å². The van der Waals surface area contributed by atoms with E-state index in [1.165, 1.54) is 28.1 Å². The van der Waals surface area contributed by atoms with Gasteiger partial charge >= 0.3 is 0 Å². The van der Waals surface area contributed by atoms with Gasteiger partial charge in [0.15, 0.2) is 0 Å². The molecule has 1 aliphatic rings. The van der Waals surface area contributed by atoms with Crippen LogP contribution in [0.5, 0.6) is 0 Å². The molecule has 2 aromatic rings. The number of nitrogens with two attached hydrogens (primary N) is 1. The minimum atomic E-state index is 0.593. The van der Waals surface area contributed by atoms with Gasteiger partial charge in [0.1, 0.15) is 0 Å². The number of aryl methyl sites for hydroxylation is 1. The average Bonchev–Trinajstić information content (AvgIpc) is 2.82. The van der Waals surface area contributed by atoms with E-state index in [4.69, 9.17) is 5.73 Å². The van der Waals surface area contributed by atoms with E-state index in [0.717, 1.165) is 13.0 Å². The molecular formula is C16H18N2. The molecule has 0 bridgehead atoms. The monoisotopic (exact) mass is 238 g/mol. The number of rotatable bonds is 2. The van der Waals surface area contributed by atoms with Gasteiger partial charge in [0, 0.05) is 24.5 Å². The van der Waals surface area contributed by atoms with Gasteiger partial charge in [-0.25, -0.2) is 0 Å². The van der Waals surface area contributed by atoms with Gasteiger partial charge in [-0.15, -0.1) is 0 Å². The zero-order valence-electron chi connectivity index (χ0n) is 10.7. The lowest BCUT2D eigenvalue weighted by Gasteiger charge is -2.22. The quantitative estimate of drug-likeness (QED) is 0.871. The lowest BCUT2D eigenvalue weighted by atomic mass is 10.1. The molecule has 0 aromatic heterocycles. The second-order valence-corrected chi connectivity index (χ2v) is 4.87. The van der Waals surface area contributed by atoms with Crippen molar-refractivity contribution in [3.8, 4) is 0 Å². The third-order valence-electron chi connectivity index (χ3n) is 3.63. The maximum Gasteiger partial charge on any atom is 0.0456 e. The molecule has 0 amide bonds. The molecule has 0 saturated heterocycles. The van der Waals surface area contributed by atoms with E-state index in [0.29, 0.717) is 6.54 Å². The van der Waals surface area contributed by atoms with Gasteiger partial charge in [-0.3, -0.25) is 0 Å². The summed E-state index contributed by atoms with van der Waals surface area (Å²) in [6, 6.07) is 15.2. The van der Waals surface area contributed by atoms with Crippen molar-refractivity contribution < 1.29 is 0 Å². The number of nitrogens with zero attached hydrogens (tertiary/aromatic N) is 1. The molecule has 3 rings (SSSR count). The van der Waals surface area contributed by atoms with Crippen molar-refractivity contribution in [2.75, 3.05) is 11.4 Å². The molecule has 0 saturated carbocycles. The Labute approximate surface area is 108 Å². The van der Waals surface area contributed by atoms with Crippen LogP contribution in [0, 0.1) is 6.92 Å². The number of anilines is 2. The summed E-state index contributed by atoms with van der Waals surface area (Å²) in [6.07, 6.45) is 1.12. The molecule has 18 heavy (non-hydrogen) atoms. The number of para-hydroxylation sites is 1. The molecule has 2 heteroatoms. The van der Waals surface area contributed by atoms with Gasteiger partial charge in [0.2, 0.25) is 0 Å². The van der Waals surface area contributed by atoms with Gasteiger partial charge < -0.3 is 10.6 Å². The standard InChI is InChI=1S/C16H18N2/c1-12-6-7-16(14(10-12)11-17)18-9-8-13-4-2-3-5-15(13)18/h2-7,10H,8-9,11,17H2,1H3. The molecule has 0 radical (unpaired) electrons. The topological polar surface area (TPSA) is 29.3 Å². The van der Waals surface area contributed by atoms with Crippen LogP contribution in [0.15, 0.2) is 42.5 Å². The summed E-state index contributed by atoms with van der Waals surface area (Å²) < 4.78 is 0. The lowest BCUT2D eigenvalue weighted by Crippen LogP contribution is -2.16. The molecule has 2 aromatic carbocycles. The second-order valence-electron chi connectivity index (χ2n) is 4.87. The van der Waals surface area contributed by atoms with Crippen molar-refractivity contribution in [1.29, 1.82) is 0 Å². The predicted molar refractivity (Wildman–Crippen MR) is 76.2 cm³/mol. The van der Waals surface area contributed by atoms with Crippen molar-refractivity contribution in [3.05, 3.63) is 59.2 Å². The summed E-state index contributed by atoms with van der Waals surface area (Å²) in [6.45, 7) is 3.76. The summed E-state index contributed by atoms with van der Waals surface area (Å²) in [7, 11) is 0. The average molecular weight is 238 g/mol. The highest BCUT2D eigenvalue weighted by Crippen LogP contribution is 2.36. The Hall–Kier alpha value is -1.80. The van der Waals surface area contributed by atoms with Crippen molar-refractivity contribution in [1.82, 2.24) is 0 Å². The summed E-state index contributed by atoms with van der Waals surface area (Å²) in [5.41, 5.74) is 12.4. The molecule has 2 nitrogen and oxygen atoms in total. The summed E-state index contributed by atoms with van der Waals surface area (Å²) in [5.74, 6) is 0. The first-order valence-electron chi connectivity index (χ1n) is 6.44. The highest BCUT2D eigenvalue weighted by Gasteiger charge is 2.21. The Morgan fingerprint density at radius 2 is 1.94 bits per heavy atom. The lowest BCUT2D eigenvalue weighted by molar-refractivity contribution is 0.970. The van der Waals surface area contributed by atoms with Crippen molar-refractivity contribution in [2.45, 2.75) is 19.9 Å². The minimum Gasteiger partial charge on any atom is -0.341 e. The normalized spacial score (nSPS) is 13.8. The van der Waals surface area contributed by atoms with Crippen molar-refractivity contribution in [2.24, 2.45) is 5.73 Å². The fourth-order valence-corrected chi connectivity index (χ4v) is 2.73. The zero-order valence-corrected chi connectivity index (χ0v) is 10.7. The molecular weight excluding hydrogens is 220 g/mol. The highest BCUT2D eigenvalue weighted by molar-refractivity contribution is 5.72. The fourth-order valence-electron chi connectivity index (χ4n) is 2.73.